The summed E-state index contributed by atoms with van der Waals surface area (Å²) in [5, 5.41) is 7.35. The molecule has 0 radical (unpaired) electrons. The van der Waals surface area contributed by atoms with Crippen molar-refractivity contribution < 1.29 is 4.79 Å². The number of aromatic nitrogens is 2. The van der Waals surface area contributed by atoms with Crippen molar-refractivity contribution in [2.24, 2.45) is 0 Å². The van der Waals surface area contributed by atoms with Crippen molar-refractivity contribution in [2.45, 2.75) is 46.2 Å². The smallest absolute Gasteiger partial charge is 0.156 e. The first-order valence-electron chi connectivity index (χ1n) is 5.79. The van der Waals surface area contributed by atoms with E-state index in [1.165, 1.54) is 0 Å². The van der Waals surface area contributed by atoms with E-state index < -0.39 is 5.54 Å². The van der Waals surface area contributed by atoms with Gasteiger partial charge < -0.3 is 5.32 Å². The summed E-state index contributed by atoms with van der Waals surface area (Å²) in [6.45, 7) is 9.51. The van der Waals surface area contributed by atoms with Gasteiger partial charge in [-0.2, -0.15) is 5.10 Å². The van der Waals surface area contributed by atoms with Crippen molar-refractivity contribution >= 4 is 5.78 Å². The number of carbonyl (C=O) groups excluding carboxylic acids is 1. The summed E-state index contributed by atoms with van der Waals surface area (Å²) in [7, 11) is 0. The van der Waals surface area contributed by atoms with Crippen LogP contribution in [0.15, 0.2) is 12.4 Å². The Morgan fingerprint density at radius 1 is 1.50 bits per heavy atom. The Labute approximate surface area is 97.0 Å². The van der Waals surface area contributed by atoms with Crippen LogP contribution in [-0.2, 0) is 17.8 Å². The maximum absolute atomic E-state index is 12.0. The third kappa shape index (κ3) is 3.17. The summed E-state index contributed by atoms with van der Waals surface area (Å²) >= 11 is 0. The van der Waals surface area contributed by atoms with Crippen LogP contribution in [0.2, 0.25) is 0 Å². The number of ketones is 1. The lowest BCUT2D eigenvalue weighted by atomic mass is 9.95. The SMILES string of the molecule is CCNC(C)(C)C(=O)Cc1cnn(CC)c1. The third-order valence-corrected chi connectivity index (χ3v) is 2.69. The molecule has 4 nitrogen and oxygen atoms in total. The Bertz CT molecular complexity index is 355. The predicted octanol–water partition coefficient (Wildman–Crippen LogP) is 1.40. The van der Waals surface area contributed by atoms with Crippen LogP contribution in [0.1, 0.15) is 33.3 Å². The van der Waals surface area contributed by atoms with Gasteiger partial charge in [0, 0.05) is 19.2 Å². The molecule has 0 unspecified atom stereocenters. The lowest BCUT2D eigenvalue weighted by molar-refractivity contribution is -0.123. The molecule has 1 aromatic heterocycles. The van der Waals surface area contributed by atoms with Gasteiger partial charge in [0.15, 0.2) is 5.78 Å². The second-order valence-corrected chi connectivity index (χ2v) is 4.46. The van der Waals surface area contributed by atoms with E-state index in [4.69, 9.17) is 0 Å². The van der Waals surface area contributed by atoms with Crippen LogP contribution in [0.25, 0.3) is 0 Å². The standard InChI is InChI=1S/C12H21N3O/c1-5-13-12(3,4)11(16)7-10-8-14-15(6-2)9-10/h8-9,13H,5-7H2,1-4H3. The van der Waals surface area contributed by atoms with Crippen LogP contribution >= 0.6 is 0 Å². The van der Waals surface area contributed by atoms with E-state index in [1.54, 1.807) is 6.20 Å². The number of aryl methyl sites for hydroxylation is 1. The number of hydrogen-bond acceptors (Lipinski definition) is 3. The highest BCUT2D eigenvalue weighted by Gasteiger charge is 2.26. The molecule has 1 rings (SSSR count). The fourth-order valence-corrected chi connectivity index (χ4v) is 1.62. The molecule has 0 aliphatic heterocycles. The predicted molar refractivity (Wildman–Crippen MR) is 64.4 cm³/mol. The molecule has 0 bridgehead atoms. The highest BCUT2D eigenvalue weighted by Crippen LogP contribution is 2.09. The number of nitrogens with one attached hydrogen (secondary N) is 1. The van der Waals surface area contributed by atoms with E-state index in [0.29, 0.717) is 6.42 Å². The number of hydrogen-bond donors (Lipinski definition) is 1. The van der Waals surface area contributed by atoms with E-state index in [9.17, 15) is 4.79 Å². The summed E-state index contributed by atoms with van der Waals surface area (Å²) < 4.78 is 1.84. The highest BCUT2D eigenvalue weighted by molar-refractivity contribution is 5.89. The fourth-order valence-electron chi connectivity index (χ4n) is 1.62. The summed E-state index contributed by atoms with van der Waals surface area (Å²) in [6.07, 6.45) is 4.14. The Hall–Kier alpha value is -1.16. The van der Waals surface area contributed by atoms with Crippen LogP contribution in [0, 0.1) is 0 Å². The lowest BCUT2D eigenvalue weighted by Crippen LogP contribution is -2.47. The van der Waals surface area contributed by atoms with Crippen molar-refractivity contribution in [2.75, 3.05) is 6.54 Å². The van der Waals surface area contributed by atoms with Crippen LogP contribution in [0.5, 0.6) is 0 Å². The molecule has 0 saturated heterocycles. The quantitative estimate of drug-likeness (QED) is 0.793. The van der Waals surface area contributed by atoms with Crippen molar-refractivity contribution in [1.29, 1.82) is 0 Å². The van der Waals surface area contributed by atoms with Gasteiger partial charge in [-0.05, 0) is 32.9 Å². The van der Waals surface area contributed by atoms with Crippen molar-refractivity contribution in [3.8, 4) is 0 Å². The molecule has 0 saturated carbocycles. The Morgan fingerprint density at radius 3 is 2.69 bits per heavy atom. The Morgan fingerprint density at radius 2 is 2.19 bits per heavy atom. The first kappa shape index (κ1) is 12.9. The highest BCUT2D eigenvalue weighted by atomic mass is 16.1. The summed E-state index contributed by atoms with van der Waals surface area (Å²) in [5.74, 6) is 0.199. The minimum absolute atomic E-state index is 0.199. The molecule has 16 heavy (non-hydrogen) atoms. The average molecular weight is 223 g/mol. The van der Waals surface area contributed by atoms with Crippen molar-refractivity contribution in [1.82, 2.24) is 15.1 Å². The monoisotopic (exact) mass is 223 g/mol. The molecule has 0 atom stereocenters. The van der Waals surface area contributed by atoms with Crippen LogP contribution in [-0.4, -0.2) is 27.6 Å². The van der Waals surface area contributed by atoms with Gasteiger partial charge in [-0.1, -0.05) is 6.92 Å². The van der Waals surface area contributed by atoms with Gasteiger partial charge in [-0.25, -0.2) is 0 Å². The molecule has 0 spiro atoms. The van der Waals surface area contributed by atoms with Crippen LogP contribution in [0.3, 0.4) is 0 Å². The molecule has 0 fully saturated rings. The van der Waals surface area contributed by atoms with E-state index in [2.05, 4.69) is 10.4 Å². The molecule has 1 aromatic rings. The van der Waals surface area contributed by atoms with Gasteiger partial charge in [0.25, 0.3) is 0 Å². The summed E-state index contributed by atoms with van der Waals surface area (Å²) in [6, 6.07) is 0. The molecule has 0 aliphatic rings. The van der Waals surface area contributed by atoms with E-state index in [0.717, 1.165) is 18.7 Å². The number of rotatable bonds is 6. The number of carbonyl (C=O) groups is 1. The Kier molecular flexibility index (Phi) is 4.24. The maximum Gasteiger partial charge on any atom is 0.156 e. The first-order chi connectivity index (χ1) is 7.49. The summed E-state index contributed by atoms with van der Waals surface area (Å²) in [5.41, 5.74) is 0.529. The van der Waals surface area contributed by atoms with E-state index in [1.807, 2.05) is 38.6 Å². The molecule has 1 N–H and O–H groups in total. The van der Waals surface area contributed by atoms with E-state index >= 15 is 0 Å². The maximum atomic E-state index is 12.0. The lowest BCUT2D eigenvalue weighted by Gasteiger charge is -2.23. The number of Topliss-reactive ketones (excluding diaryl/α,β-unsaturated/α-hetero) is 1. The molecule has 1 heterocycles. The van der Waals surface area contributed by atoms with Gasteiger partial charge in [0.2, 0.25) is 0 Å². The van der Waals surface area contributed by atoms with Crippen molar-refractivity contribution in [3.63, 3.8) is 0 Å². The largest absolute Gasteiger partial charge is 0.306 e. The fraction of sp³-hybridized carbons (Fsp3) is 0.667. The van der Waals surface area contributed by atoms with Crippen molar-refractivity contribution in [3.05, 3.63) is 18.0 Å². The second kappa shape index (κ2) is 5.25. The van der Waals surface area contributed by atoms with Crippen LogP contribution < -0.4 is 5.32 Å². The zero-order valence-corrected chi connectivity index (χ0v) is 10.6. The molecular formula is C12H21N3O. The Balaban J connectivity index is 2.63. The zero-order valence-electron chi connectivity index (χ0n) is 10.6. The molecule has 0 aliphatic carbocycles. The van der Waals surface area contributed by atoms with Gasteiger partial charge >= 0.3 is 0 Å². The van der Waals surface area contributed by atoms with Gasteiger partial charge in [-0.15, -0.1) is 0 Å². The summed E-state index contributed by atoms with van der Waals surface area (Å²) in [4.78, 5) is 12.0. The third-order valence-electron chi connectivity index (χ3n) is 2.69. The topological polar surface area (TPSA) is 46.9 Å². The van der Waals surface area contributed by atoms with Gasteiger partial charge in [0.1, 0.15) is 0 Å². The average Bonchev–Trinajstić information content (AvgIpc) is 2.65. The molecule has 90 valence electrons. The molecule has 4 heteroatoms. The van der Waals surface area contributed by atoms with Crippen LogP contribution in [0.4, 0.5) is 0 Å². The number of nitrogens with zero attached hydrogens (tertiary/aromatic N) is 2. The zero-order chi connectivity index (χ0) is 12.2. The van der Waals surface area contributed by atoms with Gasteiger partial charge in [-0.3, -0.25) is 9.48 Å². The minimum Gasteiger partial charge on any atom is -0.306 e. The normalized spacial score (nSPS) is 11.8. The first-order valence-corrected chi connectivity index (χ1v) is 5.79. The second-order valence-electron chi connectivity index (χ2n) is 4.46. The number of likely N-dealkylation sites (N-methyl/N-ethyl adjacent to an activating group) is 1. The molecule has 0 aromatic carbocycles. The van der Waals surface area contributed by atoms with Gasteiger partial charge in [0.05, 0.1) is 11.7 Å². The van der Waals surface area contributed by atoms with E-state index in [-0.39, 0.29) is 5.78 Å². The minimum atomic E-state index is -0.455. The molecular weight excluding hydrogens is 202 g/mol. The molecule has 0 amide bonds.